The smallest absolute Gasteiger partial charge is 0.134 e. The summed E-state index contributed by atoms with van der Waals surface area (Å²) in [5, 5.41) is 11.6. The minimum Gasteiger partial charge on any atom is -0.458 e. The summed E-state index contributed by atoms with van der Waals surface area (Å²) >= 11 is 0. The van der Waals surface area contributed by atoms with Crippen LogP contribution in [-0.4, -0.2) is 5.11 Å². The maximum Gasteiger partial charge on any atom is 0.134 e. The third-order valence-corrected chi connectivity index (χ3v) is 4.08. The molecule has 2 heteroatoms. The van der Waals surface area contributed by atoms with Gasteiger partial charge in [0.25, 0.3) is 0 Å². The molecule has 1 aliphatic carbocycles. The number of benzene rings is 1. The molecule has 1 N–H and O–H groups in total. The first-order valence-corrected chi connectivity index (χ1v) is 7.01. The SMILES string of the molecule is OC(c1cc2ccccc2o1)C1CCCCCC1. The van der Waals surface area contributed by atoms with Gasteiger partial charge in [0, 0.05) is 5.39 Å². The molecular weight excluding hydrogens is 224 g/mol. The highest BCUT2D eigenvalue weighted by Gasteiger charge is 2.24. The third kappa shape index (κ3) is 2.30. The molecule has 1 saturated carbocycles. The fraction of sp³-hybridized carbons (Fsp3) is 0.500. The van der Waals surface area contributed by atoms with Crippen molar-refractivity contribution in [1.29, 1.82) is 0 Å². The van der Waals surface area contributed by atoms with Crippen molar-refractivity contribution in [3.63, 3.8) is 0 Å². The van der Waals surface area contributed by atoms with E-state index in [2.05, 4.69) is 0 Å². The van der Waals surface area contributed by atoms with Gasteiger partial charge in [-0.15, -0.1) is 0 Å². The molecule has 0 spiro atoms. The lowest BCUT2D eigenvalue weighted by atomic mass is 9.92. The molecule has 1 atom stereocenters. The van der Waals surface area contributed by atoms with Crippen molar-refractivity contribution >= 4 is 11.0 Å². The predicted molar refractivity (Wildman–Crippen MR) is 72.4 cm³/mol. The van der Waals surface area contributed by atoms with Crippen LogP contribution in [0.5, 0.6) is 0 Å². The highest BCUT2D eigenvalue weighted by Crippen LogP contribution is 2.35. The molecule has 0 radical (unpaired) electrons. The second kappa shape index (κ2) is 5.15. The van der Waals surface area contributed by atoms with Gasteiger partial charge in [-0.05, 0) is 30.9 Å². The number of para-hydroxylation sites is 1. The van der Waals surface area contributed by atoms with Gasteiger partial charge in [0.2, 0.25) is 0 Å². The second-order valence-electron chi connectivity index (χ2n) is 5.38. The maximum atomic E-state index is 10.5. The monoisotopic (exact) mass is 244 g/mol. The van der Waals surface area contributed by atoms with Gasteiger partial charge in [-0.2, -0.15) is 0 Å². The van der Waals surface area contributed by atoms with Crippen LogP contribution in [0.15, 0.2) is 34.7 Å². The number of aliphatic hydroxyl groups is 1. The van der Waals surface area contributed by atoms with Crippen LogP contribution in [0.2, 0.25) is 0 Å². The van der Waals surface area contributed by atoms with Crippen LogP contribution in [0.1, 0.15) is 50.4 Å². The summed E-state index contributed by atoms with van der Waals surface area (Å²) in [6.07, 6.45) is 6.91. The maximum absolute atomic E-state index is 10.5. The molecule has 0 bridgehead atoms. The molecule has 3 rings (SSSR count). The van der Waals surface area contributed by atoms with Crippen LogP contribution < -0.4 is 0 Å². The van der Waals surface area contributed by atoms with Crippen molar-refractivity contribution in [3.05, 3.63) is 36.1 Å². The van der Waals surface area contributed by atoms with Gasteiger partial charge < -0.3 is 9.52 Å². The molecule has 1 fully saturated rings. The van der Waals surface area contributed by atoms with Gasteiger partial charge in [0.15, 0.2) is 0 Å². The normalized spacial score (nSPS) is 19.8. The van der Waals surface area contributed by atoms with Crippen LogP contribution in [0.25, 0.3) is 11.0 Å². The van der Waals surface area contributed by atoms with Crippen molar-refractivity contribution < 1.29 is 9.52 Å². The Morgan fingerprint density at radius 1 is 1.06 bits per heavy atom. The summed E-state index contributed by atoms with van der Waals surface area (Å²) in [6, 6.07) is 9.94. The van der Waals surface area contributed by atoms with Crippen molar-refractivity contribution in [2.45, 2.75) is 44.6 Å². The second-order valence-corrected chi connectivity index (χ2v) is 5.38. The topological polar surface area (TPSA) is 33.4 Å². The molecule has 0 saturated heterocycles. The van der Waals surface area contributed by atoms with Crippen molar-refractivity contribution in [2.24, 2.45) is 5.92 Å². The van der Waals surface area contributed by atoms with Crippen LogP contribution in [0.3, 0.4) is 0 Å². The molecule has 1 unspecified atom stereocenters. The lowest BCUT2D eigenvalue weighted by Crippen LogP contribution is -2.11. The number of fused-ring (bicyclic) bond motifs is 1. The molecule has 1 heterocycles. The largest absolute Gasteiger partial charge is 0.458 e. The molecule has 0 amide bonds. The van der Waals surface area contributed by atoms with Gasteiger partial charge in [-0.1, -0.05) is 43.9 Å². The summed E-state index contributed by atoms with van der Waals surface area (Å²) < 4.78 is 5.77. The number of aliphatic hydroxyl groups excluding tert-OH is 1. The Bertz CT molecular complexity index is 474. The first kappa shape index (κ1) is 11.8. The highest BCUT2D eigenvalue weighted by atomic mass is 16.4. The van der Waals surface area contributed by atoms with Gasteiger partial charge >= 0.3 is 0 Å². The number of hydrogen-bond acceptors (Lipinski definition) is 2. The Morgan fingerprint density at radius 3 is 2.50 bits per heavy atom. The lowest BCUT2D eigenvalue weighted by molar-refractivity contribution is 0.0791. The summed E-state index contributed by atoms with van der Waals surface area (Å²) in [6.45, 7) is 0. The molecule has 1 aliphatic rings. The van der Waals surface area contributed by atoms with Crippen molar-refractivity contribution in [3.8, 4) is 0 Å². The standard InChI is InChI=1S/C16H20O2/c17-16(12-7-3-1-2-4-8-12)15-11-13-9-5-6-10-14(13)18-15/h5-6,9-12,16-17H,1-4,7-8H2. The van der Waals surface area contributed by atoms with E-state index in [1.54, 1.807) is 0 Å². The average Bonchev–Trinajstić information content (AvgIpc) is 2.64. The van der Waals surface area contributed by atoms with E-state index in [9.17, 15) is 5.11 Å². The summed E-state index contributed by atoms with van der Waals surface area (Å²) in [5.41, 5.74) is 0.875. The first-order chi connectivity index (χ1) is 8.84. The Labute approximate surface area is 108 Å². The zero-order chi connectivity index (χ0) is 12.4. The lowest BCUT2D eigenvalue weighted by Gasteiger charge is -2.18. The fourth-order valence-electron chi connectivity index (χ4n) is 3.01. The number of rotatable bonds is 2. The molecule has 0 aliphatic heterocycles. The number of furan rings is 1. The van der Waals surface area contributed by atoms with E-state index in [-0.39, 0.29) is 0 Å². The Morgan fingerprint density at radius 2 is 1.78 bits per heavy atom. The molecule has 18 heavy (non-hydrogen) atoms. The van der Waals surface area contributed by atoms with Crippen molar-refractivity contribution in [2.75, 3.05) is 0 Å². The van der Waals surface area contributed by atoms with Gasteiger partial charge in [0.05, 0.1) is 0 Å². The van der Waals surface area contributed by atoms with E-state index in [4.69, 9.17) is 4.42 Å². The van der Waals surface area contributed by atoms with E-state index in [0.29, 0.717) is 5.92 Å². The van der Waals surface area contributed by atoms with E-state index < -0.39 is 6.10 Å². The Balaban J connectivity index is 1.83. The Hall–Kier alpha value is -1.28. The van der Waals surface area contributed by atoms with E-state index >= 15 is 0 Å². The van der Waals surface area contributed by atoms with Crippen LogP contribution in [-0.2, 0) is 0 Å². The fourth-order valence-corrected chi connectivity index (χ4v) is 3.01. The summed E-state index contributed by atoms with van der Waals surface area (Å²) in [4.78, 5) is 0. The van der Waals surface area contributed by atoms with Gasteiger partial charge in [-0.25, -0.2) is 0 Å². The summed E-state index contributed by atoms with van der Waals surface area (Å²) in [5.74, 6) is 1.11. The zero-order valence-electron chi connectivity index (χ0n) is 10.6. The summed E-state index contributed by atoms with van der Waals surface area (Å²) in [7, 11) is 0. The van der Waals surface area contributed by atoms with E-state index in [0.717, 1.165) is 29.6 Å². The Kier molecular flexibility index (Phi) is 3.37. The van der Waals surface area contributed by atoms with Gasteiger partial charge in [-0.3, -0.25) is 0 Å². The third-order valence-electron chi connectivity index (χ3n) is 4.08. The van der Waals surface area contributed by atoms with Crippen molar-refractivity contribution in [1.82, 2.24) is 0 Å². The minimum absolute atomic E-state index is 0.369. The molecule has 1 aromatic heterocycles. The minimum atomic E-state index is -0.435. The first-order valence-electron chi connectivity index (χ1n) is 7.01. The number of hydrogen-bond donors (Lipinski definition) is 1. The van der Waals surface area contributed by atoms with E-state index in [1.807, 2.05) is 30.3 Å². The van der Waals surface area contributed by atoms with Crippen LogP contribution >= 0.6 is 0 Å². The molecule has 2 aromatic rings. The van der Waals surface area contributed by atoms with Crippen LogP contribution in [0.4, 0.5) is 0 Å². The molecule has 96 valence electrons. The van der Waals surface area contributed by atoms with Crippen LogP contribution in [0, 0.1) is 5.92 Å². The highest BCUT2D eigenvalue weighted by molar-refractivity contribution is 5.77. The average molecular weight is 244 g/mol. The quantitative estimate of drug-likeness (QED) is 0.792. The van der Waals surface area contributed by atoms with E-state index in [1.165, 1.54) is 25.7 Å². The predicted octanol–water partition coefficient (Wildman–Crippen LogP) is 4.44. The molecular formula is C16H20O2. The van der Waals surface area contributed by atoms with Gasteiger partial charge in [0.1, 0.15) is 17.4 Å². The molecule has 2 nitrogen and oxygen atoms in total. The zero-order valence-corrected chi connectivity index (χ0v) is 10.6. The molecule has 1 aromatic carbocycles.